The van der Waals surface area contributed by atoms with Crippen LogP contribution in [0.1, 0.15) is 37.4 Å². The van der Waals surface area contributed by atoms with Crippen LogP contribution in [-0.2, 0) is 28.9 Å². The van der Waals surface area contributed by atoms with Gasteiger partial charge in [-0.05, 0) is 56.0 Å². The van der Waals surface area contributed by atoms with Crippen LogP contribution < -0.4 is 4.90 Å². The van der Waals surface area contributed by atoms with Crippen molar-refractivity contribution in [2.75, 3.05) is 18.1 Å². The lowest BCUT2D eigenvalue weighted by atomic mass is 9.95. The molecule has 2 saturated heterocycles. The number of amides is 1. The van der Waals surface area contributed by atoms with Gasteiger partial charge in [0.05, 0.1) is 17.9 Å². The number of aryl methyl sites for hydroxylation is 2. The van der Waals surface area contributed by atoms with Gasteiger partial charge in [-0.1, -0.05) is 24.3 Å². The van der Waals surface area contributed by atoms with Crippen LogP contribution in [0.15, 0.2) is 30.5 Å². The molecule has 1 aromatic heterocycles. The molecular formula is C24H36N4O4Si. The first-order chi connectivity index (χ1) is 15.8. The molecule has 33 heavy (non-hydrogen) atoms. The van der Waals surface area contributed by atoms with Gasteiger partial charge in [0.25, 0.3) is 0 Å². The fourth-order valence-corrected chi connectivity index (χ4v) is 8.01. The highest BCUT2D eigenvalue weighted by atomic mass is 28.4. The third kappa shape index (κ3) is 5.54. The zero-order valence-corrected chi connectivity index (χ0v) is 20.9. The van der Waals surface area contributed by atoms with Gasteiger partial charge in [0.2, 0.25) is 5.91 Å². The van der Waals surface area contributed by atoms with E-state index >= 15 is 0 Å². The normalized spacial score (nSPS) is 25.5. The van der Waals surface area contributed by atoms with Crippen LogP contribution in [0.2, 0.25) is 18.6 Å². The van der Waals surface area contributed by atoms with Gasteiger partial charge < -0.3 is 19.5 Å². The molecule has 1 aromatic carbocycles. The highest BCUT2D eigenvalue weighted by Gasteiger charge is 2.49. The number of benzene rings is 1. The van der Waals surface area contributed by atoms with Crippen LogP contribution in [0.25, 0.3) is 0 Å². The molecule has 0 saturated carbocycles. The number of aliphatic hydroxyl groups excluding tert-OH is 1. The molecule has 0 radical (unpaired) electrons. The third-order valence-corrected chi connectivity index (χ3v) is 9.66. The molecule has 0 bridgehead atoms. The topological polar surface area (TPSA) is 101 Å². The summed E-state index contributed by atoms with van der Waals surface area (Å²) in [7, 11) is -2.41. The van der Waals surface area contributed by atoms with Gasteiger partial charge in [-0.15, -0.1) is 5.10 Å². The Bertz CT molecular complexity index is 943. The molecule has 0 spiro atoms. The van der Waals surface area contributed by atoms with E-state index in [-0.39, 0.29) is 30.3 Å². The van der Waals surface area contributed by atoms with Gasteiger partial charge >= 0.3 is 0 Å². The Kier molecular flexibility index (Phi) is 7.33. The average Bonchev–Trinajstić information content (AvgIpc) is 3.34. The minimum atomic E-state index is -2.41. The number of hydrogen-bond acceptors (Lipinski definition) is 6. The smallest absolute Gasteiger partial charge is 0.228 e. The standard InChI is InChI=1S/C24H36N4O4Si/c1-17-21(9-6-18-4-7-20(8-5-18)28-14-11-23(28)30)32-22(24(17)33(2,3)31)10-13-27-16-19(12-15-29)25-26-27/h4-5,7-8,16-17,21-22,24,29,31H,6,9-15H2,1-3H3/t17-,21+,22-,24+/m1/s1. The first-order valence-electron chi connectivity index (χ1n) is 12.0. The Hall–Kier alpha value is -2.07. The molecule has 2 aliphatic rings. The van der Waals surface area contributed by atoms with Crippen molar-refractivity contribution in [2.24, 2.45) is 5.92 Å². The molecule has 8 nitrogen and oxygen atoms in total. The highest BCUT2D eigenvalue weighted by molar-refractivity contribution is 6.71. The average molecular weight is 473 g/mol. The summed E-state index contributed by atoms with van der Waals surface area (Å²) in [5.74, 6) is 0.486. The van der Waals surface area contributed by atoms with E-state index in [0.29, 0.717) is 25.3 Å². The minimum absolute atomic E-state index is 0.00182. The fourth-order valence-electron chi connectivity index (χ4n) is 5.36. The van der Waals surface area contributed by atoms with Crippen LogP contribution in [0.4, 0.5) is 5.69 Å². The van der Waals surface area contributed by atoms with Gasteiger partial charge in [-0.25, -0.2) is 0 Å². The van der Waals surface area contributed by atoms with E-state index < -0.39 is 8.32 Å². The Morgan fingerprint density at radius 3 is 2.52 bits per heavy atom. The largest absolute Gasteiger partial charge is 0.432 e. The second-order valence-corrected chi connectivity index (χ2v) is 14.0. The van der Waals surface area contributed by atoms with Crippen LogP contribution in [-0.4, -0.2) is 64.5 Å². The van der Waals surface area contributed by atoms with Crippen molar-refractivity contribution >= 4 is 19.9 Å². The quantitative estimate of drug-likeness (QED) is 0.407. The van der Waals surface area contributed by atoms with Gasteiger partial charge in [-0.3, -0.25) is 9.48 Å². The predicted octanol–water partition coefficient (Wildman–Crippen LogP) is 2.54. The molecular weight excluding hydrogens is 436 g/mol. The van der Waals surface area contributed by atoms with Crippen LogP contribution in [0, 0.1) is 5.92 Å². The summed E-state index contributed by atoms with van der Waals surface area (Å²) in [6.07, 6.45) is 5.73. The number of ether oxygens (including phenoxy) is 1. The fraction of sp³-hybridized carbons (Fsp3) is 0.625. The van der Waals surface area contributed by atoms with Crippen LogP contribution >= 0.6 is 0 Å². The van der Waals surface area contributed by atoms with E-state index in [4.69, 9.17) is 9.84 Å². The molecule has 180 valence electrons. The van der Waals surface area contributed by atoms with E-state index in [0.717, 1.165) is 37.2 Å². The third-order valence-electron chi connectivity index (χ3n) is 7.13. The molecule has 2 fully saturated rings. The molecule has 9 heteroatoms. The zero-order valence-electron chi connectivity index (χ0n) is 19.9. The number of nitrogens with zero attached hydrogens (tertiary/aromatic N) is 4. The maximum absolute atomic E-state index is 11.6. The summed E-state index contributed by atoms with van der Waals surface area (Å²) < 4.78 is 8.34. The molecule has 2 aromatic rings. The lowest BCUT2D eigenvalue weighted by Gasteiger charge is -2.30. The number of β-lactam (4-membered cyclic amide) rings is 1. The summed E-state index contributed by atoms with van der Waals surface area (Å²) in [4.78, 5) is 24.5. The lowest BCUT2D eigenvalue weighted by molar-refractivity contribution is -0.122. The molecule has 4 atom stereocenters. The zero-order chi connectivity index (χ0) is 23.6. The van der Waals surface area contributed by atoms with Crippen molar-refractivity contribution < 1.29 is 19.4 Å². The molecule has 4 rings (SSSR count). The van der Waals surface area contributed by atoms with Gasteiger partial charge in [0.1, 0.15) is 0 Å². The van der Waals surface area contributed by atoms with E-state index in [2.05, 4.69) is 29.4 Å². The number of hydrogen-bond donors (Lipinski definition) is 2. The summed E-state index contributed by atoms with van der Waals surface area (Å²) >= 11 is 0. The summed E-state index contributed by atoms with van der Waals surface area (Å²) in [5, 5.41) is 17.3. The van der Waals surface area contributed by atoms with Crippen molar-refractivity contribution in [2.45, 2.75) is 76.4 Å². The van der Waals surface area contributed by atoms with Crippen molar-refractivity contribution in [1.82, 2.24) is 15.0 Å². The number of anilines is 1. The Morgan fingerprint density at radius 2 is 1.91 bits per heavy atom. The lowest BCUT2D eigenvalue weighted by Crippen LogP contribution is -2.43. The molecule has 3 heterocycles. The summed E-state index contributed by atoms with van der Waals surface area (Å²) in [6, 6.07) is 8.28. The molecule has 2 aliphatic heterocycles. The number of aliphatic hydroxyl groups is 1. The van der Waals surface area contributed by atoms with E-state index in [1.165, 1.54) is 5.56 Å². The monoisotopic (exact) mass is 472 g/mol. The van der Waals surface area contributed by atoms with Gasteiger partial charge in [0, 0.05) is 50.0 Å². The van der Waals surface area contributed by atoms with Gasteiger partial charge in [0.15, 0.2) is 8.32 Å². The van der Waals surface area contributed by atoms with Crippen molar-refractivity contribution in [1.29, 1.82) is 0 Å². The SMILES string of the molecule is C[C@H]1[C@H]([Si](C)(C)O)[C@@H](CCn2cc(CCO)nn2)O[C@H]1CCc1ccc(N2CCC2=O)cc1. The Morgan fingerprint density at radius 1 is 1.15 bits per heavy atom. The summed E-state index contributed by atoms with van der Waals surface area (Å²) in [5.41, 5.74) is 3.17. The Balaban J connectivity index is 1.35. The second-order valence-electron chi connectivity index (χ2n) is 9.99. The number of rotatable bonds is 10. The number of aromatic nitrogens is 3. The van der Waals surface area contributed by atoms with Crippen LogP contribution in [0.5, 0.6) is 0 Å². The molecule has 2 N–H and O–H groups in total. The summed E-state index contributed by atoms with van der Waals surface area (Å²) in [6.45, 7) is 7.80. The number of carbonyl (C=O) groups excluding carboxylic acids is 1. The molecule has 0 unspecified atom stereocenters. The first kappa shape index (κ1) is 24.1. The van der Waals surface area contributed by atoms with Crippen LogP contribution in [0.3, 0.4) is 0 Å². The number of carbonyl (C=O) groups is 1. The minimum Gasteiger partial charge on any atom is -0.432 e. The maximum atomic E-state index is 11.6. The highest BCUT2D eigenvalue weighted by Crippen LogP contribution is 2.45. The van der Waals surface area contributed by atoms with Crippen molar-refractivity contribution in [3.05, 3.63) is 41.7 Å². The van der Waals surface area contributed by atoms with Crippen molar-refractivity contribution in [3.63, 3.8) is 0 Å². The first-order valence-corrected chi connectivity index (χ1v) is 15.1. The predicted molar refractivity (Wildman–Crippen MR) is 128 cm³/mol. The van der Waals surface area contributed by atoms with E-state index in [1.54, 1.807) is 4.68 Å². The molecule has 1 amide bonds. The Labute approximate surface area is 196 Å². The van der Waals surface area contributed by atoms with E-state index in [9.17, 15) is 9.59 Å². The van der Waals surface area contributed by atoms with Gasteiger partial charge in [-0.2, -0.15) is 0 Å². The van der Waals surface area contributed by atoms with Crippen molar-refractivity contribution in [3.8, 4) is 0 Å². The maximum Gasteiger partial charge on any atom is 0.228 e. The second kappa shape index (κ2) is 10.0. The van der Waals surface area contributed by atoms with E-state index in [1.807, 2.05) is 36.3 Å². The molecule has 0 aliphatic carbocycles.